The molecule has 1 aliphatic carbocycles. The van der Waals surface area contributed by atoms with Crippen molar-refractivity contribution in [3.8, 4) is 6.07 Å². The van der Waals surface area contributed by atoms with Gasteiger partial charge in [-0.1, -0.05) is 25.3 Å². The second-order valence-electron chi connectivity index (χ2n) is 5.63. The third-order valence-electron chi connectivity index (χ3n) is 3.83. The van der Waals surface area contributed by atoms with Crippen LogP contribution in [-0.4, -0.2) is 17.2 Å². The molecule has 3 N–H and O–H groups in total. The van der Waals surface area contributed by atoms with E-state index in [-0.39, 0.29) is 11.7 Å². The summed E-state index contributed by atoms with van der Waals surface area (Å²) < 4.78 is 0. The maximum Gasteiger partial charge on any atom is 0.231 e. The number of amides is 1. The van der Waals surface area contributed by atoms with Crippen molar-refractivity contribution >= 4 is 23.4 Å². The molecule has 0 unspecified atom stereocenters. The molecule has 0 aliphatic heterocycles. The molecule has 2 rings (SSSR count). The predicted molar refractivity (Wildman–Crippen MR) is 85.9 cm³/mol. The molecule has 4 nitrogen and oxygen atoms in total. The molecule has 1 aromatic carbocycles. The number of nitrogens with zero attached hydrogens (tertiary/aromatic N) is 1. The molecule has 1 aromatic rings. The van der Waals surface area contributed by atoms with Crippen LogP contribution in [-0.2, 0) is 4.79 Å². The zero-order valence-electron chi connectivity index (χ0n) is 12.3. The van der Waals surface area contributed by atoms with Crippen molar-refractivity contribution in [3.05, 3.63) is 23.8 Å². The summed E-state index contributed by atoms with van der Waals surface area (Å²) >= 11 is 1.42. The molecule has 21 heavy (non-hydrogen) atoms. The number of rotatable bonds is 4. The predicted octanol–water partition coefficient (Wildman–Crippen LogP) is 3.01. The Balaban J connectivity index is 1.93. The highest BCUT2D eigenvalue weighted by Crippen LogP contribution is 2.29. The fourth-order valence-corrected chi connectivity index (χ4v) is 3.50. The van der Waals surface area contributed by atoms with E-state index in [0.717, 1.165) is 42.6 Å². The highest BCUT2D eigenvalue weighted by Gasteiger charge is 2.33. The Morgan fingerprint density at radius 2 is 2.14 bits per heavy atom. The summed E-state index contributed by atoms with van der Waals surface area (Å²) in [7, 11) is 0. The van der Waals surface area contributed by atoms with E-state index in [1.807, 2.05) is 25.1 Å². The molecule has 112 valence electrons. The second kappa shape index (κ2) is 6.86. The molecule has 5 heteroatoms. The van der Waals surface area contributed by atoms with E-state index in [2.05, 4.69) is 11.4 Å². The third kappa shape index (κ3) is 4.15. The van der Waals surface area contributed by atoms with Gasteiger partial charge in [-0.05, 0) is 37.5 Å². The number of nitrogen functional groups attached to an aromatic ring is 1. The summed E-state index contributed by atoms with van der Waals surface area (Å²) in [6.07, 6.45) is 4.67. The topological polar surface area (TPSA) is 78.9 Å². The minimum atomic E-state index is -0.659. The van der Waals surface area contributed by atoms with Gasteiger partial charge in [-0.15, -0.1) is 11.8 Å². The van der Waals surface area contributed by atoms with Crippen LogP contribution in [0.3, 0.4) is 0 Å². The van der Waals surface area contributed by atoms with Crippen molar-refractivity contribution in [2.24, 2.45) is 0 Å². The lowest BCUT2D eigenvalue weighted by Crippen LogP contribution is -2.49. The number of hydrogen-bond acceptors (Lipinski definition) is 4. The Labute approximate surface area is 130 Å². The first-order chi connectivity index (χ1) is 10.0. The normalized spacial score (nSPS) is 17.0. The Kier molecular flexibility index (Phi) is 5.13. The number of nitriles is 1. The van der Waals surface area contributed by atoms with Gasteiger partial charge in [0.15, 0.2) is 0 Å². The van der Waals surface area contributed by atoms with Crippen LogP contribution in [0.15, 0.2) is 23.1 Å². The van der Waals surface area contributed by atoms with E-state index < -0.39 is 5.54 Å². The van der Waals surface area contributed by atoms with Crippen LogP contribution in [0.4, 0.5) is 5.69 Å². The molecule has 0 spiro atoms. The number of carbonyl (C=O) groups is 1. The van der Waals surface area contributed by atoms with Gasteiger partial charge in [-0.2, -0.15) is 5.26 Å². The SMILES string of the molecule is Cc1ccc(N)c(SCC(=O)NC2(C#N)CCCCC2)c1. The Morgan fingerprint density at radius 1 is 1.43 bits per heavy atom. The molecule has 0 bridgehead atoms. The van der Waals surface area contributed by atoms with Gasteiger partial charge < -0.3 is 11.1 Å². The van der Waals surface area contributed by atoms with Gasteiger partial charge in [0, 0.05) is 10.6 Å². The van der Waals surface area contributed by atoms with Crippen LogP contribution in [0, 0.1) is 18.3 Å². The smallest absolute Gasteiger partial charge is 0.231 e. The summed E-state index contributed by atoms with van der Waals surface area (Å²) in [4.78, 5) is 13.0. The first-order valence-corrected chi connectivity index (χ1v) is 8.24. The minimum Gasteiger partial charge on any atom is -0.398 e. The number of hydrogen-bond donors (Lipinski definition) is 2. The molecule has 0 saturated heterocycles. The lowest BCUT2D eigenvalue weighted by atomic mass is 9.83. The number of anilines is 1. The molecule has 0 atom stereocenters. The largest absolute Gasteiger partial charge is 0.398 e. The molecule has 1 amide bonds. The number of benzene rings is 1. The van der Waals surface area contributed by atoms with Crippen molar-refractivity contribution in [2.45, 2.75) is 49.5 Å². The Morgan fingerprint density at radius 3 is 2.81 bits per heavy atom. The summed E-state index contributed by atoms with van der Waals surface area (Å²) in [5.74, 6) is 0.196. The molecular formula is C16H21N3OS. The van der Waals surface area contributed by atoms with Gasteiger partial charge in [0.2, 0.25) is 5.91 Å². The van der Waals surface area contributed by atoms with Crippen LogP contribution in [0.1, 0.15) is 37.7 Å². The highest BCUT2D eigenvalue weighted by atomic mass is 32.2. The summed E-state index contributed by atoms with van der Waals surface area (Å²) in [6, 6.07) is 8.09. The van der Waals surface area contributed by atoms with Crippen LogP contribution in [0.5, 0.6) is 0 Å². The van der Waals surface area contributed by atoms with Crippen molar-refractivity contribution in [1.29, 1.82) is 5.26 Å². The average molecular weight is 303 g/mol. The Hall–Kier alpha value is -1.67. The number of nitrogens with two attached hydrogens (primary N) is 1. The molecule has 0 heterocycles. The lowest BCUT2D eigenvalue weighted by molar-refractivity contribution is -0.120. The van der Waals surface area contributed by atoms with Crippen LogP contribution in [0.25, 0.3) is 0 Å². The van der Waals surface area contributed by atoms with Gasteiger partial charge in [-0.25, -0.2) is 0 Å². The van der Waals surface area contributed by atoms with Crippen molar-refractivity contribution in [3.63, 3.8) is 0 Å². The molecule has 0 aromatic heterocycles. The second-order valence-corrected chi connectivity index (χ2v) is 6.65. The van der Waals surface area contributed by atoms with Crippen LogP contribution >= 0.6 is 11.8 Å². The number of aryl methyl sites for hydroxylation is 1. The van der Waals surface area contributed by atoms with E-state index in [4.69, 9.17) is 5.73 Å². The van der Waals surface area contributed by atoms with Gasteiger partial charge in [-0.3, -0.25) is 4.79 Å². The van der Waals surface area contributed by atoms with E-state index >= 15 is 0 Å². The molecule has 1 fully saturated rings. The number of thioether (sulfide) groups is 1. The molecule has 1 saturated carbocycles. The third-order valence-corrected chi connectivity index (χ3v) is 4.90. The fraction of sp³-hybridized carbons (Fsp3) is 0.500. The maximum absolute atomic E-state index is 12.1. The maximum atomic E-state index is 12.1. The fourth-order valence-electron chi connectivity index (χ4n) is 2.63. The zero-order valence-corrected chi connectivity index (χ0v) is 13.1. The van der Waals surface area contributed by atoms with Gasteiger partial charge in [0.05, 0.1) is 11.8 Å². The first kappa shape index (κ1) is 15.7. The van der Waals surface area contributed by atoms with E-state index in [9.17, 15) is 10.1 Å². The van der Waals surface area contributed by atoms with E-state index in [0.29, 0.717) is 5.69 Å². The zero-order chi connectivity index (χ0) is 15.3. The number of carbonyl (C=O) groups excluding carboxylic acids is 1. The molecule has 1 aliphatic rings. The first-order valence-electron chi connectivity index (χ1n) is 7.26. The van der Waals surface area contributed by atoms with E-state index in [1.165, 1.54) is 11.8 Å². The summed E-state index contributed by atoms with van der Waals surface area (Å²) in [5, 5.41) is 12.3. The van der Waals surface area contributed by atoms with Crippen molar-refractivity contribution in [2.75, 3.05) is 11.5 Å². The van der Waals surface area contributed by atoms with Crippen molar-refractivity contribution < 1.29 is 4.79 Å². The van der Waals surface area contributed by atoms with Gasteiger partial charge in [0.25, 0.3) is 0 Å². The monoisotopic (exact) mass is 303 g/mol. The van der Waals surface area contributed by atoms with E-state index in [1.54, 1.807) is 0 Å². The molecular weight excluding hydrogens is 282 g/mol. The number of nitrogens with one attached hydrogen (secondary N) is 1. The van der Waals surface area contributed by atoms with Gasteiger partial charge >= 0.3 is 0 Å². The standard InChI is InChI=1S/C16H21N3OS/c1-12-5-6-13(18)14(9-12)21-10-15(20)19-16(11-17)7-3-2-4-8-16/h5-6,9H,2-4,7-8,10,18H2,1H3,(H,19,20). The highest BCUT2D eigenvalue weighted by molar-refractivity contribution is 8.00. The summed E-state index contributed by atoms with van der Waals surface area (Å²) in [5.41, 5.74) is 7.05. The van der Waals surface area contributed by atoms with Crippen LogP contribution < -0.4 is 11.1 Å². The molecule has 0 radical (unpaired) electrons. The lowest BCUT2D eigenvalue weighted by Gasteiger charge is -2.31. The van der Waals surface area contributed by atoms with Crippen LogP contribution in [0.2, 0.25) is 0 Å². The quantitative estimate of drug-likeness (QED) is 0.662. The van der Waals surface area contributed by atoms with Crippen molar-refractivity contribution in [1.82, 2.24) is 5.32 Å². The van der Waals surface area contributed by atoms with Gasteiger partial charge in [0.1, 0.15) is 5.54 Å². The minimum absolute atomic E-state index is 0.0932. The summed E-state index contributed by atoms with van der Waals surface area (Å²) in [6.45, 7) is 2.00. The Bertz CT molecular complexity index is 559. The average Bonchev–Trinajstić information content (AvgIpc) is 2.49.